The van der Waals surface area contributed by atoms with Gasteiger partial charge in [-0.05, 0) is 49.7 Å². The topological polar surface area (TPSA) is 143 Å². The highest BCUT2D eigenvalue weighted by Crippen LogP contribution is 2.24. The summed E-state index contributed by atoms with van der Waals surface area (Å²) in [5, 5.41) is 14.0. The van der Waals surface area contributed by atoms with Crippen LogP contribution in [-0.2, 0) is 16.0 Å². The molecule has 0 bridgehead atoms. The van der Waals surface area contributed by atoms with Crippen LogP contribution in [0.1, 0.15) is 38.4 Å². The summed E-state index contributed by atoms with van der Waals surface area (Å²) in [4.78, 5) is 33.9. The molecule has 9 nitrogen and oxygen atoms in total. The molecule has 0 radical (unpaired) electrons. The van der Waals surface area contributed by atoms with Crippen molar-refractivity contribution in [1.82, 2.24) is 20.6 Å². The van der Waals surface area contributed by atoms with Crippen LogP contribution in [0.4, 0.5) is 0 Å². The van der Waals surface area contributed by atoms with Gasteiger partial charge in [0.25, 0.3) is 5.91 Å². The van der Waals surface area contributed by atoms with E-state index < -0.39 is 17.7 Å². The summed E-state index contributed by atoms with van der Waals surface area (Å²) in [5.74, 6) is -2.89. The minimum Gasteiger partial charge on any atom is -0.361 e. The van der Waals surface area contributed by atoms with Crippen molar-refractivity contribution in [2.45, 2.75) is 20.3 Å². The number of aryl methyl sites for hydroxylation is 1. The van der Waals surface area contributed by atoms with Crippen molar-refractivity contribution in [2.24, 2.45) is 5.73 Å². The highest BCUT2D eigenvalue weighted by Gasteiger charge is 2.15. The molecule has 0 spiro atoms. The molecule has 1 heterocycles. The molecule has 0 fully saturated rings. The number of primary amides is 1. The predicted molar refractivity (Wildman–Crippen MR) is 117 cm³/mol. The number of halogens is 1. The molecule has 0 aliphatic heterocycles. The highest BCUT2D eigenvalue weighted by atomic mass is 35.5. The molecule has 32 heavy (non-hydrogen) atoms. The molecule has 0 aliphatic carbocycles. The van der Waals surface area contributed by atoms with Gasteiger partial charge in [0.05, 0.1) is 22.0 Å². The molecule has 4 N–H and O–H groups in total. The van der Waals surface area contributed by atoms with Crippen molar-refractivity contribution in [3.05, 3.63) is 81.1 Å². The first-order valence-corrected chi connectivity index (χ1v) is 9.83. The Labute approximate surface area is 188 Å². The summed E-state index contributed by atoms with van der Waals surface area (Å²) in [6.45, 7) is 3.86. The third kappa shape index (κ3) is 4.77. The normalized spacial score (nSPS) is 10.3. The second-order valence-electron chi connectivity index (χ2n) is 6.98. The van der Waals surface area contributed by atoms with Crippen LogP contribution in [0.2, 0.25) is 5.02 Å². The fourth-order valence-corrected chi connectivity index (χ4v) is 3.35. The van der Waals surface area contributed by atoms with E-state index in [0.29, 0.717) is 22.6 Å². The molecule has 0 unspecified atom stereocenters. The number of benzene rings is 2. The Kier molecular flexibility index (Phi) is 6.56. The second kappa shape index (κ2) is 9.32. The first-order chi connectivity index (χ1) is 15.2. The van der Waals surface area contributed by atoms with E-state index in [1.807, 2.05) is 25.3 Å². The molecule has 3 rings (SSSR count). The zero-order chi connectivity index (χ0) is 23.4. The lowest BCUT2D eigenvalue weighted by Gasteiger charge is -2.08. The molecule has 10 heteroatoms. The minimum absolute atomic E-state index is 0.301. The summed E-state index contributed by atoms with van der Waals surface area (Å²) in [6.07, 6.45) is 0.585. The van der Waals surface area contributed by atoms with Crippen LogP contribution < -0.4 is 16.6 Å². The van der Waals surface area contributed by atoms with Gasteiger partial charge in [0.2, 0.25) is 0 Å². The molecule has 162 valence electrons. The molecule has 0 saturated carbocycles. The Morgan fingerprint density at radius 2 is 1.81 bits per heavy atom. The zero-order valence-electron chi connectivity index (χ0n) is 17.3. The molecule has 3 amide bonds. The average Bonchev–Trinajstić information content (AvgIpc) is 3.05. The molecule has 0 atom stereocenters. The third-order valence-electron chi connectivity index (χ3n) is 4.87. The molecule has 0 aliphatic rings. The Morgan fingerprint density at radius 1 is 1.12 bits per heavy atom. The van der Waals surface area contributed by atoms with Gasteiger partial charge in [-0.15, -0.1) is 0 Å². The van der Waals surface area contributed by atoms with Crippen LogP contribution >= 0.6 is 11.6 Å². The van der Waals surface area contributed by atoms with Crippen LogP contribution in [0, 0.1) is 25.2 Å². The predicted octanol–water partition coefficient (Wildman–Crippen LogP) is 1.85. The van der Waals surface area contributed by atoms with E-state index in [4.69, 9.17) is 22.6 Å². The van der Waals surface area contributed by atoms with E-state index in [-0.39, 0.29) is 0 Å². The van der Waals surface area contributed by atoms with Crippen molar-refractivity contribution < 1.29 is 14.4 Å². The van der Waals surface area contributed by atoms with E-state index in [9.17, 15) is 14.4 Å². The lowest BCUT2D eigenvalue weighted by Crippen LogP contribution is -2.47. The molecule has 2 aromatic carbocycles. The Morgan fingerprint density at radius 3 is 2.41 bits per heavy atom. The third-order valence-corrected chi connectivity index (χ3v) is 5.18. The van der Waals surface area contributed by atoms with Crippen molar-refractivity contribution in [3.8, 4) is 11.8 Å². The monoisotopic (exact) mass is 450 g/mol. The lowest BCUT2D eigenvalue weighted by atomic mass is 10.0. The van der Waals surface area contributed by atoms with E-state index in [0.717, 1.165) is 28.2 Å². The number of nitrogens with one attached hydrogen (secondary N) is 2. The van der Waals surface area contributed by atoms with Crippen LogP contribution in [0.25, 0.3) is 5.69 Å². The van der Waals surface area contributed by atoms with Gasteiger partial charge in [0.15, 0.2) is 0 Å². The van der Waals surface area contributed by atoms with Crippen molar-refractivity contribution in [2.75, 3.05) is 0 Å². The number of carbonyl (C=O) groups excluding carboxylic acids is 3. The Hall–Kier alpha value is -4.16. The van der Waals surface area contributed by atoms with Gasteiger partial charge in [-0.1, -0.05) is 23.7 Å². The number of amides is 3. The maximum Gasteiger partial charge on any atom is 0.327 e. The maximum absolute atomic E-state index is 12.1. The number of carbonyl (C=O) groups is 3. The number of hydrazine groups is 1. The molecule has 1 aromatic heterocycles. The zero-order valence-corrected chi connectivity index (χ0v) is 18.0. The van der Waals surface area contributed by atoms with Gasteiger partial charge in [0, 0.05) is 23.2 Å². The van der Waals surface area contributed by atoms with E-state index in [1.165, 1.54) is 0 Å². The van der Waals surface area contributed by atoms with Gasteiger partial charge in [-0.25, -0.2) is 4.68 Å². The first-order valence-electron chi connectivity index (χ1n) is 9.45. The number of nitriles is 1. The second-order valence-corrected chi connectivity index (χ2v) is 7.39. The molecule has 0 saturated heterocycles. The number of rotatable bonds is 4. The lowest BCUT2D eigenvalue weighted by molar-refractivity contribution is -0.137. The van der Waals surface area contributed by atoms with Crippen LogP contribution in [0.3, 0.4) is 0 Å². The molecular formula is C22H19ClN6O3. The fourth-order valence-electron chi connectivity index (χ4n) is 3.13. The number of aromatic nitrogens is 2. The SMILES string of the molecule is Cc1nn(-c2ccc(C#N)c(Cl)c2)c(C)c1Cc1ccc(C(=O)NNC(=O)C(N)=O)cc1. The van der Waals surface area contributed by atoms with E-state index in [1.54, 1.807) is 47.1 Å². The number of nitrogens with zero attached hydrogens (tertiary/aromatic N) is 3. The van der Waals surface area contributed by atoms with Gasteiger partial charge < -0.3 is 5.73 Å². The van der Waals surface area contributed by atoms with Crippen molar-refractivity contribution in [3.63, 3.8) is 0 Å². The van der Waals surface area contributed by atoms with Crippen molar-refractivity contribution in [1.29, 1.82) is 5.26 Å². The minimum atomic E-state index is -1.20. The molecular weight excluding hydrogens is 432 g/mol. The van der Waals surface area contributed by atoms with E-state index in [2.05, 4.69) is 10.5 Å². The summed E-state index contributed by atoms with van der Waals surface area (Å²) in [7, 11) is 0. The number of nitrogens with two attached hydrogens (primary N) is 1. The number of hydrogen-bond acceptors (Lipinski definition) is 5. The Bertz CT molecular complexity index is 1260. The molecule has 3 aromatic rings. The fraction of sp³-hybridized carbons (Fsp3) is 0.136. The maximum atomic E-state index is 12.1. The first kappa shape index (κ1) is 22.5. The summed E-state index contributed by atoms with van der Waals surface area (Å²) in [5.41, 5.74) is 14.1. The summed E-state index contributed by atoms with van der Waals surface area (Å²) >= 11 is 6.16. The van der Waals surface area contributed by atoms with Gasteiger partial charge in [-0.2, -0.15) is 10.4 Å². The number of hydrogen-bond donors (Lipinski definition) is 3. The van der Waals surface area contributed by atoms with Crippen molar-refractivity contribution >= 4 is 29.3 Å². The summed E-state index contributed by atoms with van der Waals surface area (Å²) < 4.78 is 1.78. The Balaban J connectivity index is 1.76. The van der Waals surface area contributed by atoms with Crippen LogP contribution in [-0.4, -0.2) is 27.5 Å². The highest BCUT2D eigenvalue weighted by molar-refractivity contribution is 6.34. The smallest absolute Gasteiger partial charge is 0.327 e. The van der Waals surface area contributed by atoms with E-state index >= 15 is 0 Å². The van der Waals surface area contributed by atoms with Gasteiger partial charge >= 0.3 is 11.8 Å². The average molecular weight is 451 g/mol. The van der Waals surface area contributed by atoms with Gasteiger partial charge in [0.1, 0.15) is 6.07 Å². The van der Waals surface area contributed by atoms with Crippen LogP contribution in [0.15, 0.2) is 42.5 Å². The quantitative estimate of drug-likeness (QED) is 0.410. The van der Waals surface area contributed by atoms with Crippen LogP contribution in [0.5, 0.6) is 0 Å². The summed E-state index contributed by atoms with van der Waals surface area (Å²) in [6, 6.07) is 14.0. The standard InChI is InChI=1S/C22H19ClN6O3/c1-12-18(13(2)29(28-12)17-8-7-16(11-24)19(23)10-17)9-14-3-5-15(6-4-14)21(31)26-27-22(32)20(25)30/h3-8,10H,9H2,1-2H3,(H2,25,30)(H,26,31)(H,27,32). The largest absolute Gasteiger partial charge is 0.361 e. The van der Waals surface area contributed by atoms with Gasteiger partial charge in [-0.3, -0.25) is 25.2 Å².